The highest BCUT2D eigenvalue weighted by Crippen LogP contribution is 2.15. The summed E-state index contributed by atoms with van der Waals surface area (Å²) in [4.78, 5) is 37.9. The summed E-state index contributed by atoms with van der Waals surface area (Å²) >= 11 is 0. The number of allylic oxidation sites excluding steroid dienone is 14. The molecule has 1 atom stereocenters. The summed E-state index contributed by atoms with van der Waals surface area (Å²) < 4.78 is 16.7. The second kappa shape index (κ2) is 50.2. The van der Waals surface area contributed by atoms with Crippen LogP contribution in [0.15, 0.2) is 85.1 Å². The fourth-order valence-corrected chi connectivity index (χ4v) is 6.86. The van der Waals surface area contributed by atoms with Crippen LogP contribution in [0, 0.1) is 0 Å². The number of carbonyl (C=O) groups excluding carboxylic acids is 3. The van der Waals surface area contributed by atoms with Crippen molar-refractivity contribution >= 4 is 17.9 Å². The summed E-state index contributed by atoms with van der Waals surface area (Å²) in [5.74, 6) is -0.971. The molecule has 0 aromatic rings. The minimum absolute atomic E-state index is 0.104. The normalized spacial score (nSPS) is 12.8. The molecule has 0 heterocycles. The van der Waals surface area contributed by atoms with Crippen LogP contribution in [-0.2, 0) is 28.6 Å². The Kier molecular flexibility index (Phi) is 47.5. The molecule has 0 N–H and O–H groups in total. The lowest BCUT2D eigenvalue weighted by atomic mass is 10.0. The summed E-state index contributed by atoms with van der Waals surface area (Å²) in [7, 11) is 0. The molecule has 0 saturated carbocycles. The lowest BCUT2D eigenvalue weighted by molar-refractivity contribution is -0.167. The standard InChI is InChI=1S/C56H94O6/c1-4-7-10-13-16-19-22-25-27-29-31-34-37-40-43-46-49-55(58)61-52-53(51-60-54(57)48-45-42-39-36-33-24-21-18-15-12-9-6-3)62-56(59)50-47-44-41-38-35-32-30-28-26-23-20-17-14-11-8-5-2/h7,9-10,12,16,18-19,21,25,27,31,33-34,36,53H,4-6,8,11,13-15,17,20,22-24,26,28-30,32,35,37-52H2,1-3H3/b10-7-,12-9-,19-16-,21-18-,27-25-,34-31-,36-33-. The zero-order valence-corrected chi connectivity index (χ0v) is 40.4. The van der Waals surface area contributed by atoms with Gasteiger partial charge in [0.15, 0.2) is 6.10 Å². The Bertz CT molecular complexity index is 1220. The van der Waals surface area contributed by atoms with Crippen molar-refractivity contribution in [3.05, 3.63) is 85.1 Å². The van der Waals surface area contributed by atoms with E-state index in [0.29, 0.717) is 19.3 Å². The van der Waals surface area contributed by atoms with Crippen molar-refractivity contribution in [1.82, 2.24) is 0 Å². The molecule has 0 radical (unpaired) electrons. The highest BCUT2D eigenvalue weighted by Gasteiger charge is 2.19. The van der Waals surface area contributed by atoms with Crippen molar-refractivity contribution < 1.29 is 28.6 Å². The van der Waals surface area contributed by atoms with Gasteiger partial charge < -0.3 is 14.2 Å². The number of rotatable bonds is 45. The van der Waals surface area contributed by atoms with Crippen LogP contribution in [0.4, 0.5) is 0 Å². The van der Waals surface area contributed by atoms with Crippen LogP contribution < -0.4 is 0 Å². The molecule has 0 aliphatic heterocycles. The van der Waals surface area contributed by atoms with Crippen LogP contribution in [-0.4, -0.2) is 37.2 Å². The monoisotopic (exact) mass is 863 g/mol. The molecule has 6 heteroatoms. The smallest absolute Gasteiger partial charge is 0.306 e. The highest BCUT2D eigenvalue weighted by molar-refractivity contribution is 5.71. The van der Waals surface area contributed by atoms with Crippen molar-refractivity contribution in [2.45, 2.75) is 239 Å². The molecule has 354 valence electrons. The van der Waals surface area contributed by atoms with Gasteiger partial charge in [-0.05, 0) is 89.9 Å². The summed E-state index contributed by atoms with van der Waals surface area (Å²) in [6.45, 7) is 6.35. The van der Waals surface area contributed by atoms with Crippen molar-refractivity contribution in [2.75, 3.05) is 13.2 Å². The van der Waals surface area contributed by atoms with Gasteiger partial charge in [-0.3, -0.25) is 14.4 Å². The fraction of sp³-hybridized carbons (Fsp3) is 0.696. The minimum atomic E-state index is -0.803. The predicted octanol–water partition coefficient (Wildman–Crippen LogP) is 16.8. The largest absolute Gasteiger partial charge is 0.462 e. The molecule has 62 heavy (non-hydrogen) atoms. The average molecular weight is 863 g/mol. The van der Waals surface area contributed by atoms with Crippen molar-refractivity contribution in [2.24, 2.45) is 0 Å². The topological polar surface area (TPSA) is 78.9 Å². The second-order valence-corrected chi connectivity index (χ2v) is 16.7. The van der Waals surface area contributed by atoms with Gasteiger partial charge in [-0.1, -0.05) is 209 Å². The van der Waals surface area contributed by atoms with Gasteiger partial charge in [0, 0.05) is 19.3 Å². The van der Waals surface area contributed by atoms with Crippen LogP contribution in [0.5, 0.6) is 0 Å². The maximum absolute atomic E-state index is 12.8. The van der Waals surface area contributed by atoms with E-state index in [-0.39, 0.29) is 31.1 Å². The van der Waals surface area contributed by atoms with Crippen molar-refractivity contribution in [3.63, 3.8) is 0 Å². The van der Waals surface area contributed by atoms with Crippen molar-refractivity contribution in [1.29, 1.82) is 0 Å². The number of ether oxygens (including phenoxy) is 3. The van der Waals surface area contributed by atoms with Gasteiger partial charge in [0.2, 0.25) is 0 Å². The molecule has 0 rings (SSSR count). The molecule has 0 aliphatic carbocycles. The molecule has 0 bridgehead atoms. The highest BCUT2D eigenvalue weighted by atomic mass is 16.6. The molecule has 6 nitrogen and oxygen atoms in total. The van der Waals surface area contributed by atoms with Gasteiger partial charge in [-0.2, -0.15) is 0 Å². The number of hydrogen-bond donors (Lipinski definition) is 0. The van der Waals surface area contributed by atoms with E-state index >= 15 is 0 Å². The number of unbranched alkanes of at least 4 members (excludes halogenated alkanes) is 20. The minimum Gasteiger partial charge on any atom is -0.462 e. The zero-order chi connectivity index (χ0) is 45.1. The molecule has 1 unspecified atom stereocenters. The Morgan fingerprint density at radius 2 is 0.629 bits per heavy atom. The van der Waals surface area contributed by atoms with E-state index in [4.69, 9.17) is 14.2 Å². The molecule has 0 fully saturated rings. The first-order valence-corrected chi connectivity index (χ1v) is 25.6. The Labute approximate surface area is 382 Å². The summed E-state index contributed by atoms with van der Waals surface area (Å²) in [6.07, 6.45) is 64.3. The lowest BCUT2D eigenvalue weighted by Crippen LogP contribution is -2.30. The molecule has 0 aromatic carbocycles. The van der Waals surface area contributed by atoms with E-state index in [1.807, 2.05) is 0 Å². The van der Waals surface area contributed by atoms with Gasteiger partial charge in [0.05, 0.1) is 0 Å². The lowest BCUT2D eigenvalue weighted by Gasteiger charge is -2.18. The Balaban J connectivity index is 4.46. The maximum atomic E-state index is 12.8. The first-order valence-electron chi connectivity index (χ1n) is 25.6. The van der Waals surface area contributed by atoms with E-state index in [0.717, 1.165) is 109 Å². The Morgan fingerprint density at radius 3 is 1.02 bits per heavy atom. The summed E-state index contributed by atoms with van der Waals surface area (Å²) in [5.41, 5.74) is 0. The molecule has 0 saturated heterocycles. The van der Waals surface area contributed by atoms with Crippen LogP contribution in [0.25, 0.3) is 0 Å². The van der Waals surface area contributed by atoms with Crippen molar-refractivity contribution in [3.8, 4) is 0 Å². The third kappa shape index (κ3) is 47.6. The van der Waals surface area contributed by atoms with Gasteiger partial charge in [-0.15, -0.1) is 0 Å². The van der Waals surface area contributed by atoms with Gasteiger partial charge in [0.1, 0.15) is 13.2 Å². The first-order chi connectivity index (χ1) is 30.5. The van der Waals surface area contributed by atoms with E-state index < -0.39 is 6.10 Å². The molecule has 0 amide bonds. The summed E-state index contributed by atoms with van der Waals surface area (Å²) in [5, 5.41) is 0. The van der Waals surface area contributed by atoms with Gasteiger partial charge in [-0.25, -0.2) is 0 Å². The fourth-order valence-electron chi connectivity index (χ4n) is 6.86. The van der Waals surface area contributed by atoms with E-state index in [1.54, 1.807) is 0 Å². The molecule has 0 aromatic heterocycles. The van der Waals surface area contributed by atoms with E-state index in [9.17, 15) is 14.4 Å². The van der Waals surface area contributed by atoms with E-state index in [1.165, 1.54) is 83.5 Å². The first kappa shape index (κ1) is 58.6. The molecule has 0 spiro atoms. The van der Waals surface area contributed by atoms with Crippen LogP contribution in [0.1, 0.15) is 233 Å². The second-order valence-electron chi connectivity index (χ2n) is 16.7. The average Bonchev–Trinajstić information content (AvgIpc) is 3.27. The summed E-state index contributed by atoms with van der Waals surface area (Å²) in [6, 6.07) is 0. The van der Waals surface area contributed by atoms with Gasteiger partial charge in [0.25, 0.3) is 0 Å². The SMILES string of the molecule is CC/C=C\C/C=C\C/C=C\C/C=C\CCCCCC(=O)OCC(COC(=O)CCCC/C=C\C/C=C\C/C=C\CC)OC(=O)CCCCCCCCCCCCCCCCCC. The quantitative estimate of drug-likeness (QED) is 0.0263. The molecular formula is C56H94O6. The van der Waals surface area contributed by atoms with E-state index in [2.05, 4.69) is 106 Å². The third-order valence-electron chi connectivity index (χ3n) is 10.6. The number of hydrogen-bond acceptors (Lipinski definition) is 6. The third-order valence-corrected chi connectivity index (χ3v) is 10.6. The number of carbonyl (C=O) groups is 3. The molecule has 0 aliphatic rings. The maximum Gasteiger partial charge on any atom is 0.306 e. The predicted molar refractivity (Wildman–Crippen MR) is 265 cm³/mol. The zero-order valence-electron chi connectivity index (χ0n) is 40.4. The number of esters is 3. The van der Waals surface area contributed by atoms with Gasteiger partial charge >= 0.3 is 17.9 Å². The van der Waals surface area contributed by atoms with Crippen LogP contribution in [0.2, 0.25) is 0 Å². The van der Waals surface area contributed by atoms with Crippen LogP contribution >= 0.6 is 0 Å². The van der Waals surface area contributed by atoms with Crippen LogP contribution in [0.3, 0.4) is 0 Å². The Morgan fingerprint density at radius 1 is 0.339 bits per heavy atom. The molecular weight excluding hydrogens is 769 g/mol. The Hall–Kier alpha value is -3.41.